The van der Waals surface area contributed by atoms with Crippen LogP contribution < -0.4 is 20.1 Å². The van der Waals surface area contributed by atoms with Gasteiger partial charge >= 0.3 is 0 Å². The van der Waals surface area contributed by atoms with Gasteiger partial charge in [0.2, 0.25) is 0 Å². The van der Waals surface area contributed by atoms with Crippen molar-refractivity contribution in [2.45, 2.75) is 6.92 Å². The maximum absolute atomic E-state index is 13.0. The second-order valence-electron chi connectivity index (χ2n) is 6.54. The summed E-state index contributed by atoms with van der Waals surface area (Å²) >= 11 is 0. The summed E-state index contributed by atoms with van der Waals surface area (Å²) in [5, 5.41) is 5.52. The highest BCUT2D eigenvalue weighted by atomic mass is 16.5. The molecule has 3 rings (SSSR count). The highest BCUT2D eigenvalue weighted by molar-refractivity contribution is 6.10. The van der Waals surface area contributed by atoms with Crippen LogP contribution in [0.3, 0.4) is 0 Å². The molecule has 0 spiro atoms. The third kappa shape index (κ3) is 5.96. The summed E-state index contributed by atoms with van der Waals surface area (Å²) < 4.78 is 10.9. The average molecular weight is 416 g/mol. The Morgan fingerprint density at radius 1 is 0.903 bits per heavy atom. The monoisotopic (exact) mass is 416 g/mol. The van der Waals surface area contributed by atoms with Gasteiger partial charge in [0.1, 0.15) is 5.70 Å². The Bertz CT molecular complexity index is 1060. The highest BCUT2D eigenvalue weighted by Gasteiger charge is 2.15. The van der Waals surface area contributed by atoms with E-state index in [-0.39, 0.29) is 11.6 Å². The fourth-order valence-electron chi connectivity index (χ4n) is 2.88. The van der Waals surface area contributed by atoms with Gasteiger partial charge in [-0.15, -0.1) is 0 Å². The maximum Gasteiger partial charge on any atom is 0.272 e. The molecule has 2 amide bonds. The minimum atomic E-state index is -0.441. The van der Waals surface area contributed by atoms with Crippen LogP contribution in [0, 0.1) is 0 Å². The molecule has 0 bridgehead atoms. The van der Waals surface area contributed by atoms with Gasteiger partial charge in [0.25, 0.3) is 11.8 Å². The minimum absolute atomic E-state index is 0.101. The molecule has 3 aromatic rings. The van der Waals surface area contributed by atoms with Gasteiger partial charge in [-0.3, -0.25) is 9.59 Å². The number of nitrogens with one attached hydrogen (secondary N) is 2. The predicted molar refractivity (Wildman–Crippen MR) is 121 cm³/mol. The first-order chi connectivity index (χ1) is 15.1. The standard InChI is InChI=1S/C25H24N2O4/c1-3-31-22-15-14-18(17-23(22)30-2)16-21(25(29)26-20-12-8-5-9-13-20)27-24(28)19-10-6-4-7-11-19/h4-17H,3H2,1-2H3,(H,26,29)(H,27,28). The zero-order chi connectivity index (χ0) is 22.1. The number of anilines is 1. The molecule has 0 aliphatic carbocycles. The van der Waals surface area contributed by atoms with E-state index < -0.39 is 5.91 Å². The van der Waals surface area contributed by atoms with E-state index in [1.807, 2.05) is 31.2 Å². The Labute approximate surface area is 181 Å². The van der Waals surface area contributed by atoms with Crippen molar-refractivity contribution >= 4 is 23.6 Å². The van der Waals surface area contributed by atoms with Crippen molar-refractivity contribution in [3.05, 3.63) is 95.7 Å². The summed E-state index contributed by atoms with van der Waals surface area (Å²) in [5.41, 5.74) is 1.85. The molecule has 31 heavy (non-hydrogen) atoms. The lowest BCUT2D eigenvalue weighted by Gasteiger charge is -2.13. The van der Waals surface area contributed by atoms with Crippen LogP contribution in [0.15, 0.2) is 84.6 Å². The Morgan fingerprint density at radius 2 is 1.58 bits per heavy atom. The van der Waals surface area contributed by atoms with Gasteiger partial charge in [-0.25, -0.2) is 0 Å². The molecule has 0 heterocycles. The molecule has 2 N–H and O–H groups in total. The van der Waals surface area contributed by atoms with Crippen molar-refractivity contribution in [2.24, 2.45) is 0 Å². The van der Waals surface area contributed by atoms with Gasteiger partial charge < -0.3 is 20.1 Å². The van der Waals surface area contributed by atoms with Crippen LogP contribution in [0.1, 0.15) is 22.8 Å². The van der Waals surface area contributed by atoms with E-state index in [1.165, 1.54) is 0 Å². The van der Waals surface area contributed by atoms with Gasteiger partial charge in [0, 0.05) is 11.3 Å². The Kier molecular flexibility index (Phi) is 7.43. The van der Waals surface area contributed by atoms with Gasteiger partial charge in [-0.1, -0.05) is 42.5 Å². The van der Waals surface area contributed by atoms with Crippen molar-refractivity contribution in [2.75, 3.05) is 19.0 Å². The van der Waals surface area contributed by atoms with Gasteiger partial charge in [-0.05, 0) is 55.0 Å². The number of para-hydroxylation sites is 1. The summed E-state index contributed by atoms with van der Waals surface area (Å²) in [6, 6.07) is 23.1. The van der Waals surface area contributed by atoms with E-state index in [4.69, 9.17) is 9.47 Å². The van der Waals surface area contributed by atoms with Crippen LogP contribution in [-0.2, 0) is 4.79 Å². The average Bonchev–Trinajstić information content (AvgIpc) is 2.80. The molecule has 3 aromatic carbocycles. The van der Waals surface area contributed by atoms with Crippen LogP contribution in [0.5, 0.6) is 11.5 Å². The molecule has 0 saturated carbocycles. The number of hydrogen-bond donors (Lipinski definition) is 2. The minimum Gasteiger partial charge on any atom is -0.493 e. The maximum atomic E-state index is 13.0. The number of methoxy groups -OCH3 is 1. The zero-order valence-electron chi connectivity index (χ0n) is 17.4. The lowest BCUT2D eigenvalue weighted by atomic mass is 10.1. The Morgan fingerprint density at radius 3 is 2.23 bits per heavy atom. The van der Waals surface area contributed by atoms with Crippen LogP contribution in [0.25, 0.3) is 6.08 Å². The van der Waals surface area contributed by atoms with Crippen LogP contribution in [0.2, 0.25) is 0 Å². The topological polar surface area (TPSA) is 76.7 Å². The number of ether oxygens (including phenoxy) is 2. The van der Waals surface area contributed by atoms with E-state index in [0.717, 1.165) is 0 Å². The first-order valence-corrected chi connectivity index (χ1v) is 9.86. The molecule has 0 aliphatic rings. The summed E-state index contributed by atoms with van der Waals surface area (Å²) in [6.07, 6.45) is 1.59. The molecule has 6 heteroatoms. The molecule has 0 aliphatic heterocycles. The second kappa shape index (κ2) is 10.6. The van der Waals surface area contributed by atoms with Gasteiger partial charge in [0.05, 0.1) is 13.7 Å². The number of rotatable bonds is 8. The van der Waals surface area contributed by atoms with E-state index in [2.05, 4.69) is 10.6 Å². The van der Waals surface area contributed by atoms with Crippen molar-refractivity contribution < 1.29 is 19.1 Å². The molecule has 0 aromatic heterocycles. The smallest absolute Gasteiger partial charge is 0.272 e. The number of amides is 2. The van der Waals surface area contributed by atoms with Crippen molar-refractivity contribution in [1.29, 1.82) is 0 Å². The number of benzene rings is 3. The third-order valence-corrected chi connectivity index (χ3v) is 4.36. The molecule has 0 radical (unpaired) electrons. The van der Waals surface area contributed by atoms with Crippen molar-refractivity contribution in [1.82, 2.24) is 5.32 Å². The fourth-order valence-corrected chi connectivity index (χ4v) is 2.88. The predicted octanol–water partition coefficient (Wildman–Crippen LogP) is 4.50. The summed E-state index contributed by atoms with van der Waals surface area (Å²) in [6.45, 7) is 2.39. The first kappa shape index (κ1) is 21.6. The van der Waals surface area contributed by atoms with E-state index in [0.29, 0.717) is 34.9 Å². The van der Waals surface area contributed by atoms with Crippen LogP contribution in [-0.4, -0.2) is 25.5 Å². The van der Waals surface area contributed by atoms with Gasteiger partial charge in [0.15, 0.2) is 11.5 Å². The van der Waals surface area contributed by atoms with Gasteiger partial charge in [-0.2, -0.15) is 0 Å². The fraction of sp³-hybridized carbons (Fsp3) is 0.120. The molecular weight excluding hydrogens is 392 g/mol. The molecule has 0 unspecified atom stereocenters. The van der Waals surface area contributed by atoms with E-state index in [1.54, 1.807) is 67.8 Å². The summed E-state index contributed by atoms with van der Waals surface area (Å²) in [4.78, 5) is 25.6. The van der Waals surface area contributed by atoms with Crippen molar-refractivity contribution in [3.63, 3.8) is 0 Å². The van der Waals surface area contributed by atoms with Crippen LogP contribution in [0.4, 0.5) is 5.69 Å². The van der Waals surface area contributed by atoms with E-state index in [9.17, 15) is 9.59 Å². The first-order valence-electron chi connectivity index (χ1n) is 9.86. The normalized spacial score (nSPS) is 10.8. The summed E-state index contributed by atoms with van der Waals surface area (Å²) in [7, 11) is 1.55. The SMILES string of the molecule is CCOc1ccc(C=C(NC(=O)c2ccccc2)C(=O)Nc2ccccc2)cc1OC. The number of carbonyl (C=O) groups excluding carboxylic acids is 2. The molecule has 0 fully saturated rings. The Balaban J connectivity index is 1.92. The number of carbonyl (C=O) groups is 2. The second-order valence-corrected chi connectivity index (χ2v) is 6.54. The molecule has 158 valence electrons. The zero-order valence-corrected chi connectivity index (χ0v) is 17.4. The highest BCUT2D eigenvalue weighted by Crippen LogP contribution is 2.29. The lowest BCUT2D eigenvalue weighted by molar-refractivity contribution is -0.113. The molecule has 6 nitrogen and oxygen atoms in total. The summed E-state index contributed by atoms with van der Waals surface area (Å²) in [5.74, 6) is 0.315. The lowest BCUT2D eigenvalue weighted by Crippen LogP contribution is -2.30. The van der Waals surface area contributed by atoms with Crippen LogP contribution >= 0.6 is 0 Å². The molecule has 0 saturated heterocycles. The number of hydrogen-bond acceptors (Lipinski definition) is 4. The Hall–Kier alpha value is -4.06. The molecular formula is C25H24N2O4. The van der Waals surface area contributed by atoms with E-state index >= 15 is 0 Å². The third-order valence-electron chi connectivity index (χ3n) is 4.36. The quantitative estimate of drug-likeness (QED) is 0.530. The largest absolute Gasteiger partial charge is 0.493 e. The molecule has 0 atom stereocenters. The van der Waals surface area contributed by atoms with Crippen molar-refractivity contribution in [3.8, 4) is 11.5 Å².